The number of benzene rings is 2. The van der Waals surface area contributed by atoms with Crippen LogP contribution < -0.4 is 0 Å². The molecule has 2 aromatic rings. The van der Waals surface area contributed by atoms with Crippen molar-refractivity contribution in [2.45, 2.75) is 103 Å². The quantitative estimate of drug-likeness (QED) is 0.378. The highest BCUT2D eigenvalue weighted by Gasteiger charge is 2.26. The van der Waals surface area contributed by atoms with E-state index >= 15 is 0 Å². The predicted molar refractivity (Wildman–Crippen MR) is 130 cm³/mol. The van der Waals surface area contributed by atoms with Crippen molar-refractivity contribution in [1.82, 2.24) is 0 Å². The molecule has 2 aromatic carbocycles. The van der Waals surface area contributed by atoms with Gasteiger partial charge in [-0.15, -0.1) is 0 Å². The van der Waals surface area contributed by atoms with Crippen molar-refractivity contribution in [2.75, 3.05) is 0 Å². The van der Waals surface area contributed by atoms with Gasteiger partial charge in [-0.25, -0.2) is 8.78 Å². The summed E-state index contributed by atoms with van der Waals surface area (Å²) in [5.41, 5.74) is 3.90. The van der Waals surface area contributed by atoms with Crippen molar-refractivity contribution in [2.24, 2.45) is 11.8 Å². The Balaban J connectivity index is 1.12. The van der Waals surface area contributed by atoms with Gasteiger partial charge in [0, 0.05) is 0 Å². The highest BCUT2D eigenvalue weighted by molar-refractivity contribution is 5.28. The fraction of sp³-hybridized carbons (Fsp3) is 0.600. The Labute approximate surface area is 193 Å². The van der Waals surface area contributed by atoms with E-state index in [2.05, 4.69) is 31.2 Å². The Morgan fingerprint density at radius 2 is 1.19 bits per heavy atom. The fourth-order valence-corrected chi connectivity index (χ4v) is 6.23. The molecule has 0 amide bonds. The number of unbranched alkanes of at least 4 members (excludes halogenated alkanes) is 1. The lowest BCUT2D eigenvalue weighted by Gasteiger charge is -2.30. The summed E-state index contributed by atoms with van der Waals surface area (Å²) in [6, 6.07) is 12.0. The summed E-state index contributed by atoms with van der Waals surface area (Å²) in [5.74, 6) is 2.19. The number of rotatable bonds is 7. The predicted octanol–water partition coefficient (Wildman–Crippen LogP) is 9.39. The van der Waals surface area contributed by atoms with Crippen molar-refractivity contribution in [3.63, 3.8) is 0 Å². The summed E-state index contributed by atoms with van der Waals surface area (Å²) in [5, 5.41) is 0. The molecule has 2 aliphatic rings. The first-order valence-electron chi connectivity index (χ1n) is 13.0. The van der Waals surface area contributed by atoms with Gasteiger partial charge < -0.3 is 0 Å². The Morgan fingerprint density at radius 1 is 0.656 bits per heavy atom. The van der Waals surface area contributed by atoms with Gasteiger partial charge in [-0.05, 0) is 118 Å². The molecule has 2 fully saturated rings. The van der Waals surface area contributed by atoms with Crippen LogP contribution in [0.5, 0.6) is 0 Å². The standard InChI is InChI=1S/C30H40F2/c1-21-7-13-25(14-8-21)26-15-9-23(10-16-26)5-3-4-6-24-11-17-27(18-12-24)28-20-29(31)22(2)19-30(28)32/h7-8,13-14,19-20,23-24,26-27H,3-6,9-12,15-18H2,1-2H3. The Kier molecular flexibility index (Phi) is 8.02. The van der Waals surface area contributed by atoms with E-state index < -0.39 is 0 Å². The molecule has 4 rings (SSSR count). The lowest BCUT2D eigenvalue weighted by molar-refractivity contribution is 0.279. The second-order valence-electron chi connectivity index (χ2n) is 10.8. The first-order chi connectivity index (χ1) is 15.5. The summed E-state index contributed by atoms with van der Waals surface area (Å²) in [6.45, 7) is 3.80. The Morgan fingerprint density at radius 3 is 1.75 bits per heavy atom. The lowest BCUT2D eigenvalue weighted by atomic mass is 9.75. The summed E-state index contributed by atoms with van der Waals surface area (Å²) in [4.78, 5) is 0. The maximum Gasteiger partial charge on any atom is 0.127 e. The van der Waals surface area contributed by atoms with E-state index in [1.165, 1.54) is 87.5 Å². The largest absolute Gasteiger partial charge is 0.207 e. The maximum absolute atomic E-state index is 14.3. The van der Waals surface area contributed by atoms with Gasteiger partial charge in [-0.3, -0.25) is 0 Å². The minimum Gasteiger partial charge on any atom is -0.207 e. The first kappa shape index (κ1) is 23.5. The van der Waals surface area contributed by atoms with Crippen LogP contribution in [0.15, 0.2) is 36.4 Å². The monoisotopic (exact) mass is 438 g/mol. The average molecular weight is 439 g/mol. The molecule has 2 aliphatic carbocycles. The summed E-state index contributed by atoms with van der Waals surface area (Å²) < 4.78 is 28.2. The molecule has 0 nitrogen and oxygen atoms in total. The Bertz CT molecular complexity index is 853. The molecule has 0 atom stereocenters. The smallest absolute Gasteiger partial charge is 0.127 e. The molecule has 0 radical (unpaired) electrons. The zero-order chi connectivity index (χ0) is 22.5. The van der Waals surface area contributed by atoms with E-state index in [1.807, 2.05) is 0 Å². The SMILES string of the molecule is Cc1ccc(C2CCC(CCCCC3CCC(c4cc(F)c(C)cc4F)CC3)CC2)cc1. The summed E-state index contributed by atoms with van der Waals surface area (Å²) >= 11 is 0. The van der Waals surface area contributed by atoms with E-state index in [1.54, 1.807) is 6.92 Å². The Hall–Kier alpha value is -1.70. The molecule has 0 saturated heterocycles. The van der Waals surface area contributed by atoms with Crippen molar-refractivity contribution in [3.05, 3.63) is 70.3 Å². The maximum atomic E-state index is 14.3. The molecule has 0 spiro atoms. The third kappa shape index (κ3) is 6.00. The van der Waals surface area contributed by atoms with Crippen LogP contribution in [0.4, 0.5) is 8.78 Å². The second kappa shape index (κ2) is 10.9. The second-order valence-corrected chi connectivity index (χ2v) is 10.8. The molecular weight excluding hydrogens is 398 g/mol. The molecule has 0 unspecified atom stereocenters. The third-order valence-corrected chi connectivity index (χ3v) is 8.43. The van der Waals surface area contributed by atoms with Crippen LogP contribution in [0.1, 0.15) is 111 Å². The van der Waals surface area contributed by atoms with Gasteiger partial charge in [0.25, 0.3) is 0 Å². The first-order valence-corrected chi connectivity index (χ1v) is 13.0. The van der Waals surface area contributed by atoms with Gasteiger partial charge in [-0.1, -0.05) is 55.5 Å². The third-order valence-electron chi connectivity index (χ3n) is 8.43. The summed E-state index contributed by atoms with van der Waals surface area (Å²) in [7, 11) is 0. The van der Waals surface area contributed by atoms with Crippen LogP contribution >= 0.6 is 0 Å². The number of hydrogen-bond acceptors (Lipinski definition) is 0. The molecule has 0 N–H and O–H groups in total. The van der Waals surface area contributed by atoms with E-state index in [0.29, 0.717) is 11.1 Å². The molecule has 0 aliphatic heterocycles. The van der Waals surface area contributed by atoms with Crippen LogP contribution in [-0.2, 0) is 0 Å². The van der Waals surface area contributed by atoms with E-state index in [-0.39, 0.29) is 17.6 Å². The molecule has 0 aromatic heterocycles. The molecule has 0 bridgehead atoms. The number of aryl methyl sites for hydroxylation is 2. The minimum absolute atomic E-state index is 0.199. The fourth-order valence-electron chi connectivity index (χ4n) is 6.23. The zero-order valence-electron chi connectivity index (χ0n) is 20.0. The van der Waals surface area contributed by atoms with Crippen molar-refractivity contribution >= 4 is 0 Å². The number of hydrogen-bond donors (Lipinski definition) is 0. The topological polar surface area (TPSA) is 0 Å². The van der Waals surface area contributed by atoms with Crippen LogP contribution in [0.2, 0.25) is 0 Å². The minimum atomic E-state index is -0.267. The molecular formula is C30H40F2. The van der Waals surface area contributed by atoms with Gasteiger partial charge in [0.15, 0.2) is 0 Å². The summed E-state index contributed by atoms with van der Waals surface area (Å²) in [6.07, 6.45) is 15.2. The zero-order valence-corrected chi connectivity index (χ0v) is 20.0. The molecule has 174 valence electrons. The molecule has 2 heteroatoms. The molecule has 0 heterocycles. The van der Waals surface area contributed by atoms with Crippen molar-refractivity contribution < 1.29 is 8.78 Å². The van der Waals surface area contributed by atoms with E-state index in [4.69, 9.17) is 0 Å². The van der Waals surface area contributed by atoms with Crippen molar-refractivity contribution in [1.29, 1.82) is 0 Å². The van der Waals surface area contributed by atoms with Crippen LogP contribution in [0.25, 0.3) is 0 Å². The lowest BCUT2D eigenvalue weighted by Crippen LogP contribution is -2.15. The highest BCUT2D eigenvalue weighted by atomic mass is 19.1. The van der Waals surface area contributed by atoms with E-state index in [0.717, 1.165) is 30.6 Å². The van der Waals surface area contributed by atoms with Gasteiger partial charge >= 0.3 is 0 Å². The normalized spacial score (nSPS) is 26.2. The van der Waals surface area contributed by atoms with E-state index in [9.17, 15) is 8.78 Å². The van der Waals surface area contributed by atoms with Gasteiger partial charge in [-0.2, -0.15) is 0 Å². The van der Waals surface area contributed by atoms with Gasteiger partial charge in [0.2, 0.25) is 0 Å². The highest BCUT2D eigenvalue weighted by Crippen LogP contribution is 2.40. The number of halogens is 2. The van der Waals surface area contributed by atoms with Crippen molar-refractivity contribution in [3.8, 4) is 0 Å². The average Bonchev–Trinajstić information content (AvgIpc) is 2.81. The van der Waals surface area contributed by atoms with Crippen LogP contribution in [0, 0.1) is 37.3 Å². The van der Waals surface area contributed by atoms with Crippen LogP contribution in [0.3, 0.4) is 0 Å². The van der Waals surface area contributed by atoms with Crippen LogP contribution in [-0.4, -0.2) is 0 Å². The van der Waals surface area contributed by atoms with Gasteiger partial charge in [0.1, 0.15) is 11.6 Å². The van der Waals surface area contributed by atoms with Gasteiger partial charge in [0.05, 0.1) is 0 Å². The molecule has 32 heavy (non-hydrogen) atoms. The molecule has 2 saturated carbocycles.